The first-order chi connectivity index (χ1) is 12.1. The lowest BCUT2D eigenvalue weighted by Gasteiger charge is -2.31. The fourth-order valence-corrected chi connectivity index (χ4v) is 3.04. The van der Waals surface area contributed by atoms with Crippen molar-refractivity contribution in [3.63, 3.8) is 0 Å². The molecule has 128 valence electrons. The Morgan fingerprint density at radius 2 is 1.92 bits per heavy atom. The highest BCUT2D eigenvalue weighted by molar-refractivity contribution is 6.15. The SMILES string of the molecule is COC(=O)N1N=C(c2ccc(N)cc2)c2cc3c(cc2C1C)OCO3. The monoisotopic (exact) mass is 339 g/mol. The van der Waals surface area contributed by atoms with Gasteiger partial charge in [-0.1, -0.05) is 12.1 Å². The number of hydrogen-bond acceptors (Lipinski definition) is 6. The van der Waals surface area contributed by atoms with Gasteiger partial charge in [-0.2, -0.15) is 10.1 Å². The first kappa shape index (κ1) is 15.3. The molecule has 7 nitrogen and oxygen atoms in total. The summed E-state index contributed by atoms with van der Waals surface area (Å²) in [5.41, 5.74) is 9.74. The zero-order chi connectivity index (χ0) is 17.6. The van der Waals surface area contributed by atoms with E-state index in [4.69, 9.17) is 19.9 Å². The number of fused-ring (bicyclic) bond motifs is 2. The Hall–Kier alpha value is -3.22. The van der Waals surface area contributed by atoms with E-state index in [0.29, 0.717) is 22.9 Å². The van der Waals surface area contributed by atoms with Gasteiger partial charge in [-0.25, -0.2) is 4.79 Å². The van der Waals surface area contributed by atoms with Gasteiger partial charge in [0.05, 0.1) is 18.9 Å². The Labute approximate surface area is 144 Å². The number of benzene rings is 2. The van der Waals surface area contributed by atoms with Crippen molar-refractivity contribution < 1.29 is 19.0 Å². The van der Waals surface area contributed by atoms with Gasteiger partial charge in [0.2, 0.25) is 6.79 Å². The minimum absolute atomic E-state index is 0.182. The summed E-state index contributed by atoms with van der Waals surface area (Å²) in [6.07, 6.45) is -0.524. The lowest BCUT2D eigenvalue weighted by atomic mass is 9.91. The standard InChI is InChI=1S/C18H17N3O4/c1-10-13-7-15-16(25-9-24-15)8-14(13)17(20-21(10)18(22)23-2)11-3-5-12(19)6-4-11/h3-8,10H,9,19H2,1-2H3. The normalized spacial score (nSPS) is 17.8. The number of nitrogen functional groups attached to an aromatic ring is 1. The molecule has 1 amide bonds. The van der Waals surface area contributed by atoms with Crippen molar-refractivity contribution in [3.8, 4) is 11.5 Å². The van der Waals surface area contributed by atoms with E-state index in [1.165, 1.54) is 12.1 Å². The van der Waals surface area contributed by atoms with Crippen LogP contribution in [0, 0.1) is 0 Å². The molecule has 2 aliphatic heterocycles. The maximum absolute atomic E-state index is 12.2. The fraction of sp³-hybridized carbons (Fsp3) is 0.222. The summed E-state index contributed by atoms with van der Waals surface area (Å²) < 4.78 is 15.8. The number of methoxy groups -OCH3 is 1. The van der Waals surface area contributed by atoms with E-state index in [9.17, 15) is 4.79 Å². The average molecular weight is 339 g/mol. The van der Waals surface area contributed by atoms with E-state index in [1.807, 2.05) is 31.2 Å². The zero-order valence-electron chi connectivity index (χ0n) is 13.9. The molecule has 7 heteroatoms. The van der Waals surface area contributed by atoms with Gasteiger partial charge in [0, 0.05) is 16.8 Å². The summed E-state index contributed by atoms with van der Waals surface area (Å²) >= 11 is 0. The molecule has 0 spiro atoms. The van der Waals surface area contributed by atoms with E-state index < -0.39 is 6.09 Å². The number of nitrogens with two attached hydrogens (primary N) is 1. The van der Waals surface area contributed by atoms with E-state index >= 15 is 0 Å². The van der Waals surface area contributed by atoms with Gasteiger partial charge in [-0.05, 0) is 36.8 Å². The van der Waals surface area contributed by atoms with Gasteiger partial charge in [0.1, 0.15) is 0 Å². The van der Waals surface area contributed by atoms with Gasteiger partial charge in [0.15, 0.2) is 11.5 Å². The molecule has 0 saturated carbocycles. The quantitative estimate of drug-likeness (QED) is 0.807. The highest BCUT2D eigenvalue weighted by atomic mass is 16.7. The molecular formula is C18H17N3O4. The summed E-state index contributed by atoms with van der Waals surface area (Å²) in [5.74, 6) is 1.33. The average Bonchev–Trinajstić information content (AvgIpc) is 3.08. The molecule has 2 heterocycles. The van der Waals surface area contributed by atoms with Crippen LogP contribution in [0.4, 0.5) is 10.5 Å². The van der Waals surface area contributed by atoms with Crippen LogP contribution in [-0.2, 0) is 4.74 Å². The largest absolute Gasteiger partial charge is 0.454 e. The topological polar surface area (TPSA) is 86.4 Å². The Morgan fingerprint density at radius 3 is 2.60 bits per heavy atom. The zero-order valence-corrected chi connectivity index (χ0v) is 13.9. The summed E-state index contributed by atoms with van der Waals surface area (Å²) in [6.45, 7) is 2.07. The fourth-order valence-electron chi connectivity index (χ4n) is 3.04. The van der Waals surface area contributed by atoms with Crippen LogP contribution in [0.25, 0.3) is 0 Å². The second kappa shape index (κ2) is 5.70. The van der Waals surface area contributed by atoms with Crippen molar-refractivity contribution in [2.75, 3.05) is 19.6 Å². The number of hydrazone groups is 1. The first-order valence-electron chi connectivity index (χ1n) is 7.84. The van der Waals surface area contributed by atoms with Crippen molar-refractivity contribution in [2.24, 2.45) is 5.10 Å². The third kappa shape index (κ3) is 2.44. The molecule has 0 radical (unpaired) electrons. The number of hydrogen-bond donors (Lipinski definition) is 1. The molecule has 4 rings (SSSR count). The summed E-state index contributed by atoms with van der Waals surface area (Å²) in [7, 11) is 1.34. The van der Waals surface area contributed by atoms with Gasteiger partial charge in [0.25, 0.3) is 0 Å². The Morgan fingerprint density at radius 1 is 1.24 bits per heavy atom. The van der Waals surface area contributed by atoms with Gasteiger partial charge < -0.3 is 19.9 Å². The van der Waals surface area contributed by atoms with E-state index in [0.717, 1.165) is 16.7 Å². The maximum Gasteiger partial charge on any atom is 0.430 e. The van der Waals surface area contributed by atoms with Crippen molar-refractivity contribution in [2.45, 2.75) is 13.0 Å². The minimum atomic E-state index is -0.524. The third-order valence-corrected chi connectivity index (χ3v) is 4.37. The predicted octanol–water partition coefficient (Wildman–Crippen LogP) is 2.89. The van der Waals surface area contributed by atoms with Crippen molar-refractivity contribution in [3.05, 3.63) is 53.1 Å². The molecule has 0 bridgehead atoms. The van der Waals surface area contributed by atoms with Crippen LogP contribution in [0.2, 0.25) is 0 Å². The molecule has 0 saturated heterocycles. The number of carbonyl (C=O) groups is 1. The number of amides is 1. The third-order valence-electron chi connectivity index (χ3n) is 4.37. The molecular weight excluding hydrogens is 322 g/mol. The molecule has 25 heavy (non-hydrogen) atoms. The van der Waals surface area contributed by atoms with Crippen LogP contribution in [-0.4, -0.2) is 30.7 Å². The van der Waals surface area contributed by atoms with Crippen molar-refractivity contribution in [1.82, 2.24) is 5.01 Å². The lowest BCUT2D eigenvalue weighted by Crippen LogP contribution is -2.34. The van der Waals surface area contributed by atoms with E-state index in [2.05, 4.69) is 5.10 Å². The summed E-state index contributed by atoms with van der Waals surface area (Å²) in [5, 5.41) is 5.87. The smallest absolute Gasteiger partial charge is 0.430 e. The molecule has 2 aliphatic rings. The van der Waals surface area contributed by atoms with Crippen molar-refractivity contribution in [1.29, 1.82) is 0 Å². The highest BCUT2D eigenvalue weighted by Crippen LogP contribution is 2.41. The molecule has 1 unspecified atom stereocenters. The van der Waals surface area contributed by atoms with E-state index in [1.54, 1.807) is 12.1 Å². The lowest BCUT2D eigenvalue weighted by molar-refractivity contribution is 0.109. The maximum atomic E-state index is 12.2. The summed E-state index contributed by atoms with van der Waals surface area (Å²) in [6, 6.07) is 10.8. The molecule has 0 fully saturated rings. The van der Waals surface area contributed by atoms with Crippen LogP contribution in [0.15, 0.2) is 41.5 Å². The number of nitrogens with zero attached hydrogens (tertiary/aromatic N) is 2. The second-order valence-corrected chi connectivity index (χ2v) is 5.85. The van der Waals surface area contributed by atoms with Crippen molar-refractivity contribution >= 4 is 17.5 Å². The number of ether oxygens (including phenoxy) is 3. The van der Waals surface area contributed by atoms with Gasteiger partial charge in [-0.15, -0.1) is 0 Å². The molecule has 0 aromatic heterocycles. The molecule has 2 aromatic carbocycles. The van der Waals surface area contributed by atoms with Crippen LogP contribution in [0.5, 0.6) is 11.5 Å². The molecule has 1 atom stereocenters. The van der Waals surface area contributed by atoms with Crippen LogP contribution in [0.3, 0.4) is 0 Å². The number of carbonyl (C=O) groups excluding carboxylic acids is 1. The molecule has 2 N–H and O–H groups in total. The number of anilines is 1. The highest BCUT2D eigenvalue weighted by Gasteiger charge is 2.33. The van der Waals surface area contributed by atoms with E-state index in [-0.39, 0.29) is 12.8 Å². The predicted molar refractivity (Wildman–Crippen MR) is 91.7 cm³/mol. The Balaban J connectivity index is 1.91. The Kier molecular flexibility index (Phi) is 3.49. The Bertz CT molecular complexity index is 877. The number of rotatable bonds is 1. The minimum Gasteiger partial charge on any atom is -0.454 e. The van der Waals surface area contributed by atoms with Crippen LogP contribution < -0.4 is 15.2 Å². The van der Waals surface area contributed by atoms with Crippen LogP contribution >= 0.6 is 0 Å². The van der Waals surface area contributed by atoms with Crippen LogP contribution in [0.1, 0.15) is 29.7 Å². The van der Waals surface area contributed by atoms with Gasteiger partial charge >= 0.3 is 6.09 Å². The second-order valence-electron chi connectivity index (χ2n) is 5.85. The summed E-state index contributed by atoms with van der Waals surface area (Å²) in [4.78, 5) is 12.2. The van der Waals surface area contributed by atoms with Gasteiger partial charge in [-0.3, -0.25) is 0 Å². The first-order valence-corrected chi connectivity index (χ1v) is 7.84. The molecule has 2 aromatic rings. The molecule has 0 aliphatic carbocycles.